The Morgan fingerprint density at radius 1 is 1.28 bits per heavy atom. The van der Waals surface area contributed by atoms with E-state index in [1.807, 2.05) is 12.3 Å². The van der Waals surface area contributed by atoms with Crippen molar-refractivity contribution in [3.05, 3.63) is 92.4 Å². The lowest BCUT2D eigenvalue weighted by Crippen LogP contribution is -2.36. The van der Waals surface area contributed by atoms with E-state index >= 15 is 0 Å². The van der Waals surface area contributed by atoms with Crippen molar-refractivity contribution in [1.82, 2.24) is 15.2 Å². The second-order valence-corrected chi connectivity index (χ2v) is 8.31. The minimum absolute atomic E-state index is 0.0247. The normalized spacial score (nSPS) is 13.3. The van der Waals surface area contributed by atoms with Crippen LogP contribution in [0.15, 0.2) is 47.3 Å². The highest BCUT2D eigenvalue weighted by atomic mass is 32.1. The zero-order valence-corrected chi connectivity index (χ0v) is 18.2. The van der Waals surface area contributed by atoms with Crippen molar-refractivity contribution in [3.8, 4) is 0 Å². The third kappa shape index (κ3) is 4.75. The number of thiophene rings is 1. The summed E-state index contributed by atoms with van der Waals surface area (Å²) >= 11 is 1.47. The monoisotopic (exact) mass is 453 g/mol. The lowest BCUT2D eigenvalue weighted by atomic mass is 9.94. The lowest BCUT2D eigenvalue weighted by molar-refractivity contribution is -0.126. The average molecular weight is 454 g/mol. The molecule has 0 saturated carbocycles. The molecule has 1 N–H and O–H groups in total. The summed E-state index contributed by atoms with van der Waals surface area (Å²) in [6.07, 6.45) is 4.92. The molecule has 0 unspecified atom stereocenters. The highest BCUT2D eigenvalue weighted by molar-refractivity contribution is 7.08. The molecule has 3 aromatic rings. The van der Waals surface area contributed by atoms with Gasteiger partial charge in [0.05, 0.1) is 0 Å². The van der Waals surface area contributed by atoms with Crippen LogP contribution in [-0.4, -0.2) is 28.2 Å². The Bertz CT molecular complexity index is 1190. The number of hydrogen-bond donors (Lipinski definition) is 1. The number of hydrogen-bond acceptors (Lipinski definition) is 4. The van der Waals surface area contributed by atoms with Crippen molar-refractivity contribution in [2.45, 2.75) is 26.4 Å². The SMILES string of the molecule is Cc1ncc2c(c1CNC(=O)c1ccsc1)CCN(C(=O)C=Cc1cc(F)ccc1F)C2. The van der Waals surface area contributed by atoms with E-state index < -0.39 is 11.6 Å². The Labute approximate surface area is 188 Å². The smallest absolute Gasteiger partial charge is 0.252 e. The van der Waals surface area contributed by atoms with Gasteiger partial charge >= 0.3 is 0 Å². The topological polar surface area (TPSA) is 62.3 Å². The van der Waals surface area contributed by atoms with Crippen molar-refractivity contribution in [1.29, 1.82) is 0 Å². The number of carbonyl (C=O) groups is 2. The van der Waals surface area contributed by atoms with Crippen LogP contribution in [0.1, 0.15) is 38.3 Å². The maximum absolute atomic E-state index is 13.8. The van der Waals surface area contributed by atoms with Crippen molar-refractivity contribution in [3.63, 3.8) is 0 Å². The molecule has 0 fully saturated rings. The second kappa shape index (κ2) is 9.40. The Hall–Kier alpha value is -3.39. The van der Waals surface area contributed by atoms with Gasteiger partial charge in [-0.2, -0.15) is 11.3 Å². The van der Waals surface area contributed by atoms with Gasteiger partial charge < -0.3 is 10.2 Å². The minimum Gasteiger partial charge on any atom is -0.348 e. The fraction of sp³-hybridized carbons (Fsp3) is 0.208. The van der Waals surface area contributed by atoms with E-state index in [-0.39, 0.29) is 17.4 Å². The van der Waals surface area contributed by atoms with Gasteiger partial charge in [-0.05, 0) is 65.8 Å². The summed E-state index contributed by atoms with van der Waals surface area (Å²) in [6, 6.07) is 4.89. The first-order valence-corrected chi connectivity index (χ1v) is 11.1. The highest BCUT2D eigenvalue weighted by Gasteiger charge is 2.23. The Balaban J connectivity index is 1.46. The number of pyridine rings is 1. The molecule has 5 nitrogen and oxygen atoms in total. The average Bonchev–Trinajstić information content (AvgIpc) is 3.33. The molecule has 1 aliphatic rings. The summed E-state index contributed by atoms with van der Waals surface area (Å²) in [6.45, 7) is 3.11. The zero-order chi connectivity index (χ0) is 22.7. The van der Waals surface area contributed by atoms with E-state index in [2.05, 4.69) is 10.3 Å². The summed E-state index contributed by atoms with van der Waals surface area (Å²) in [7, 11) is 0. The summed E-state index contributed by atoms with van der Waals surface area (Å²) < 4.78 is 27.1. The number of rotatable bonds is 5. The van der Waals surface area contributed by atoms with Crippen LogP contribution in [0.2, 0.25) is 0 Å². The van der Waals surface area contributed by atoms with Gasteiger partial charge in [-0.3, -0.25) is 14.6 Å². The molecular formula is C24H21F2N3O2S. The van der Waals surface area contributed by atoms with E-state index in [1.54, 1.807) is 22.5 Å². The van der Waals surface area contributed by atoms with E-state index in [0.717, 1.165) is 40.6 Å². The van der Waals surface area contributed by atoms with Gasteiger partial charge in [-0.15, -0.1) is 0 Å². The summed E-state index contributed by atoms with van der Waals surface area (Å²) in [5.41, 5.74) is 4.47. The molecule has 0 atom stereocenters. The Kier molecular flexibility index (Phi) is 6.41. The molecule has 1 aromatic carbocycles. The van der Waals surface area contributed by atoms with Gasteiger partial charge in [0.15, 0.2) is 0 Å². The molecule has 4 rings (SSSR count). The molecule has 0 aliphatic carbocycles. The second-order valence-electron chi connectivity index (χ2n) is 7.53. The van der Waals surface area contributed by atoms with Gasteiger partial charge in [0, 0.05) is 54.1 Å². The van der Waals surface area contributed by atoms with Crippen LogP contribution in [0, 0.1) is 18.6 Å². The first-order valence-electron chi connectivity index (χ1n) is 10.1. The molecule has 3 heterocycles. The van der Waals surface area contributed by atoms with Gasteiger partial charge in [-0.1, -0.05) is 0 Å². The molecule has 0 spiro atoms. The Morgan fingerprint density at radius 2 is 2.12 bits per heavy atom. The number of halogens is 2. The molecule has 32 heavy (non-hydrogen) atoms. The molecule has 0 bridgehead atoms. The number of nitrogens with one attached hydrogen (secondary N) is 1. The molecular weight excluding hydrogens is 432 g/mol. The molecule has 2 amide bonds. The maximum atomic E-state index is 13.8. The predicted molar refractivity (Wildman–Crippen MR) is 119 cm³/mol. The summed E-state index contributed by atoms with van der Waals surface area (Å²) in [5, 5.41) is 6.60. The molecule has 1 aliphatic heterocycles. The first-order chi connectivity index (χ1) is 15.4. The van der Waals surface area contributed by atoms with Crippen LogP contribution in [0.25, 0.3) is 6.08 Å². The van der Waals surface area contributed by atoms with Crippen LogP contribution in [0.3, 0.4) is 0 Å². The largest absolute Gasteiger partial charge is 0.348 e. The van der Waals surface area contributed by atoms with Crippen LogP contribution in [-0.2, 0) is 24.3 Å². The summed E-state index contributed by atoms with van der Waals surface area (Å²) in [5.74, 6) is -1.57. The molecule has 164 valence electrons. The highest BCUT2D eigenvalue weighted by Crippen LogP contribution is 2.24. The van der Waals surface area contributed by atoms with Crippen LogP contribution >= 0.6 is 11.3 Å². The first kappa shape index (κ1) is 21.8. The Morgan fingerprint density at radius 3 is 2.91 bits per heavy atom. The maximum Gasteiger partial charge on any atom is 0.252 e. The van der Waals surface area contributed by atoms with E-state index in [9.17, 15) is 18.4 Å². The van der Waals surface area contributed by atoms with Gasteiger partial charge in [0.1, 0.15) is 11.6 Å². The molecule has 0 saturated heterocycles. The third-order valence-electron chi connectivity index (χ3n) is 5.48. The van der Waals surface area contributed by atoms with Crippen LogP contribution in [0.4, 0.5) is 8.78 Å². The van der Waals surface area contributed by atoms with Gasteiger partial charge in [0.2, 0.25) is 5.91 Å². The van der Waals surface area contributed by atoms with Crippen molar-refractivity contribution in [2.24, 2.45) is 0 Å². The minimum atomic E-state index is -0.590. The quantitative estimate of drug-likeness (QED) is 0.588. The van der Waals surface area contributed by atoms with Crippen LogP contribution in [0.5, 0.6) is 0 Å². The fourth-order valence-corrected chi connectivity index (χ4v) is 4.35. The van der Waals surface area contributed by atoms with Crippen molar-refractivity contribution < 1.29 is 18.4 Å². The number of aromatic nitrogens is 1. The molecule has 8 heteroatoms. The van der Waals surface area contributed by atoms with E-state index in [4.69, 9.17) is 0 Å². The van der Waals surface area contributed by atoms with E-state index in [1.165, 1.54) is 23.5 Å². The molecule has 2 aromatic heterocycles. The number of benzene rings is 1. The van der Waals surface area contributed by atoms with Crippen LogP contribution < -0.4 is 5.32 Å². The zero-order valence-electron chi connectivity index (χ0n) is 17.4. The third-order valence-corrected chi connectivity index (χ3v) is 6.16. The number of fused-ring (bicyclic) bond motifs is 1. The van der Waals surface area contributed by atoms with Gasteiger partial charge in [0.25, 0.3) is 5.91 Å². The molecule has 0 radical (unpaired) electrons. The number of amides is 2. The summed E-state index contributed by atoms with van der Waals surface area (Å²) in [4.78, 5) is 31.0. The lowest BCUT2D eigenvalue weighted by Gasteiger charge is -2.30. The predicted octanol–water partition coefficient (Wildman–Crippen LogP) is 4.26. The standard InChI is InChI=1S/C24H21F2N3O2S/c1-15-21(12-28-24(31)17-7-9-32-14-17)20-6-8-29(13-18(20)11-27-15)23(30)5-2-16-10-19(25)3-4-22(16)26/h2-5,7,9-11,14H,6,8,12-13H2,1H3,(H,28,31). The van der Waals surface area contributed by atoms with Gasteiger partial charge in [-0.25, -0.2) is 8.78 Å². The van der Waals surface area contributed by atoms with E-state index in [0.29, 0.717) is 31.6 Å². The number of carbonyl (C=O) groups excluding carboxylic acids is 2. The van der Waals surface area contributed by atoms with Crippen molar-refractivity contribution in [2.75, 3.05) is 6.54 Å². The van der Waals surface area contributed by atoms with Crippen molar-refractivity contribution >= 4 is 29.2 Å². The fourth-order valence-electron chi connectivity index (χ4n) is 3.72. The number of nitrogens with zero attached hydrogens (tertiary/aromatic N) is 2. The number of aryl methyl sites for hydroxylation is 1.